The number of halogens is 1. The Hall–Kier alpha value is -5.27. The smallest absolute Gasteiger partial charge is 0.288 e. The van der Waals surface area contributed by atoms with Gasteiger partial charge in [0.15, 0.2) is 0 Å². The van der Waals surface area contributed by atoms with Crippen LogP contribution in [0.25, 0.3) is 11.0 Å². The highest BCUT2D eigenvalue weighted by atomic mass is 32.2. The van der Waals surface area contributed by atoms with E-state index in [2.05, 4.69) is 62.6 Å². The molecule has 10 rings (SSSR count). The number of rotatable bonds is 11. The van der Waals surface area contributed by atoms with Gasteiger partial charge in [-0.3, -0.25) is 19.8 Å². The van der Waals surface area contributed by atoms with E-state index < -0.39 is 42.9 Å². The number of fused-ring (bicyclic) bond motifs is 2. The summed E-state index contributed by atoms with van der Waals surface area (Å²) in [6.45, 7) is 10.3. The Labute approximate surface area is 399 Å². The summed E-state index contributed by atoms with van der Waals surface area (Å²) in [6.07, 6.45) is 9.43. The summed E-state index contributed by atoms with van der Waals surface area (Å²) >= 11 is 1.29. The second-order valence-electron chi connectivity index (χ2n) is 19.9. The molecule has 5 aromatic rings. The molecule has 3 aliphatic heterocycles. The predicted octanol–water partition coefficient (Wildman–Crippen LogP) is 9.26. The molecule has 0 radical (unpaired) electrons. The number of pyridine rings is 1. The molecule has 2 atom stereocenters. The predicted molar refractivity (Wildman–Crippen MR) is 256 cm³/mol. The van der Waals surface area contributed by atoms with Crippen molar-refractivity contribution in [3.05, 3.63) is 106 Å². The first-order chi connectivity index (χ1) is 32.6. The Balaban J connectivity index is 0.864. The fourth-order valence-corrected chi connectivity index (χ4v) is 13.5. The number of nitro benzene ring substituents is 1. The number of thioether (sulfide) groups is 1. The number of piperidine rings is 1. The third-order valence-electron chi connectivity index (χ3n) is 15.1. The number of nitrogens with zero attached hydrogens (tertiary/aromatic N) is 4. The maximum absolute atomic E-state index is 14.7. The minimum atomic E-state index is -4.70. The van der Waals surface area contributed by atoms with Crippen LogP contribution in [-0.4, -0.2) is 95.6 Å². The van der Waals surface area contributed by atoms with Gasteiger partial charge >= 0.3 is 0 Å². The second kappa shape index (κ2) is 18.2. The quantitative estimate of drug-likeness (QED) is 0.0840. The van der Waals surface area contributed by atoms with Crippen molar-refractivity contribution in [3.8, 4) is 17.2 Å². The number of carbonyl (C=O) groups is 1. The molecule has 2 aliphatic carbocycles. The van der Waals surface area contributed by atoms with E-state index in [0.717, 1.165) is 76.5 Å². The second-order valence-corrected chi connectivity index (χ2v) is 22.8. The molecule has 18 heteroatoms. The number of benzene rings is 3. The van der Waals surface area contributed by atoms with Crippen LogP contribution in [-0.2, 0) is 14.8 Å². The molecule has 2 aromatic heterocycles. The number of hydrogen-bond acceptors (Lipinski definition) is 13. The zero-order valence-corrected chi connectivity index (χ0v) is 40.0. The molecule has 0 unspecified atom stereocenters. The summed E-state index contributed by atoms with van der Waals surface area (Å²) < 4.78 is 63.1. The molecule has 15 nitrogen and oxygen atoms in total. The van der Waals surface area contributed by atoms with Gasteiger partial charge in [0.25, 0.3) is 21.6 Å². The van der Waals surface area contributed by atoms with Crippen LogP contribution < -0.4 is 19.1 Å². The molecule has 68 heavy (non-hydrogen) atoms. The van der Waals surface area contributed by atoms with Crippen molar-refractivity contribution in [1.82, 2.24) is 19.6 Å². The number of hydrogen-bond donors (Lipinski definition) is 3. The number of ether oxygens (including phenoxy) is 3. The van der Waals surface area contributed by atoms with Crippen molar-refractivity contribution >= 4 is 50.1 Å². The SMILES string of the molecule is CC(C)c1ccccc1[C@@H]1COCCN1C1CC2(CCN(c3ccc(C(=O)NS(=O)(=O)c4cc5c(c([N+](=O)[O-])c4)S[C@@H]([C@H]4CC[C@](C)(O)CC4)CO5)c(Oc4cnc5[nH]cc(F)c5c4)c3)CC2)C1. The molecule has 2 saturated heterocycles. The molecule has 1 amide bonds. The first-order valence-electron chi connectivity index (χ1n) is 23.6. The topological polar surface area (TPSA) is 189 Å². The van der Waals surface area contributed by atoms with E-state index in [9.17, 15) is 32.8 Å². The van der Waals surface area contributed by atoms with Gasteiger partial charge in [-0.2, -0.15) is 0 Å². The van der Waals surface area contributed by atoms with Gasteiger partial charge in [-0.1, -0.05) is 38.1 Å². The van der Waals surface area contributed by atoms with Crippen molar-refractivity contribution in [2.75, 3.05) is 44.4 Å². The van der Waals surface area contributed by atoms with Gasteiger partial charge in [-0.05, 0) is 105 Å². The number of aliphatic hydroxyl groups is 1. The van der Waals surface area contributed by atoms with Gasteiger partial charge in [0.1, 0.15) is 40.2 Å². The number of H-pyrrole nitrogens is 1. The van der Waals surface area contributed by atoms with Crippen LogP contribution in [0.15, 0.2) is 82.8 Å². The summed E-state index contributed by atoms with van der Waals surface area (Å²) in [7, 11) is -4.70. The number of aromatic nitrogens is 2. The maximum atomic E-state index is 14.7. The number of nitro groups is 1. The zero-order valence-electron chi connectivity index (χ0n) is 38.4. The molecular weight excluding hydrogens is 912 g/mol. The maximum Gasteiger partial charge on any atom is 0.288 e. The standard InChI is InChI=1S/C50H57FN6O9S2/c1-30(2)36-6-4-5-7-37(36)42-28-64-19-18-56(42)33-24-50(25-33)14-16-55(17-15-50)32-8-9-38(43(20-32)66-34-21-39-40(51)27-53-47(39)52-26-34)48(58)54-68(62,63)35-22-41(57(60)61)46-44(23-35)65-29-45(67-46)31-10-12-49(3,59)13-11-31/h4-9,20-23,26-27,30-31,33,42,45,59H,10-19,24-25,28-29H2,1-3H3,(H,52,53)(H,54,58)/t31-,42-,45+,49-/m0/s1. The van der Waals surface area contributed by atoms with Gasteiger partial charge in [-0.25, -0.2) is 22.5 Å². The van der Waals surface area contributed by atoms with Gasteiger partial charge in [0.05, 0.1) is 51.8 Å². The molecule has 5 heterocycles. The number of carbonyl (C=O) groups excluding carboxylic acids is 1. The van der Waals surface area contributed by atoms with Gasteiger partial charge < -0.3 is 29.2 Å². The Kier molecular flexibility index (Phi) is 12.5. The Morgan fingerprint density at radius 1 is 1.06 bits per heavy atom. The summed E-state index contributed by atoms with van der Waals surface area (Å²) in [5.41, 5.74) is 2.69. The summed E-state index contributed by atoms with van der Waals surface area (Å²) in [4.78, 5) is 37.5. The van der Waals surface area contributed by atoms with E-state index in [1.54, 1.807) is 12.1 Å². The van der Waals surface area contributed by atoms with Crippen molar-refractivity contribution < 1.29 is 41.8 Å². The highest BCUT2D eigenvalue weighted by molar-refractivity contribution is 8.00. The molecule has 0 bridgehead atoms. The van der Waals surface area contributed by atoms with Crippen LogP contribution in [0.1, 0.15) is 106 Å². The first kappa shape index (κ1) is 46.5. The number of aromatic amines is 1. The highest BCUT2D eigenvalue weighted by Gasteiger charge is 2.50. The normalized spacial score (nSPS) is 24.3. The van der Waals surface area contributed by atoms with Crippen molar-refractivity contribution in [3.63, 3.8) is 0 Å². The third-order valence-corrected chi connectivity index (χ3v) is 17.9. The van der Waals surface area contributed by atoms with Crippen molar-refractivity contribution in [2.45, 2.75) is 111 Å². The molecule has 5 aliphatic rings. The lowest BCUT2D eigenvalue weighted by Crippen LogP contribution is -2.58. The number of amides is 1. The summed E-state index contributed by atoms with van der Waals surface area (Å²) in [5, 5.41) is 22.9. The van der Waals surface area contributed by atoms with Crippen LogP contribution >= 0.6 is 11.8 Å². The number of anilines is 1. The highest BCUT2D eigenvalue weighted by Crippen LogP contribution is 2.54. The molecular formula is C50H57FN6O9S2. The molecule has 1 spiro atoms. The van der Waals surface area contributed by atoms with E-state index in [4.69, 9.17) is 14.2 Å². The first-order valence-corrected chi connectivity index (χ1v) is 25.9. The number of morpholine rings is 1. The molecule has 360 valence electrons. The van der Waals surface area contributed by atoms with Crippen LogP contribution in [0, 0.1) is 27.3 Å². The van der Waals surface area contributed by atoms with Gasteiger partial charge in [0, 0.05) is 61.0 Å². The van der Waals surface area contributed by atoms with Crippen LogP contribution in [0.2, 0.25) is 0 Å². The lowest BCUT2D eigenvalue weighted by atomic mass is 9.59. The van der Waals surface area contributed by atoms with Crippen molar-refractivity contribution in [1.29, 1.82) is 0 Å². The average molecular weight is 969 g/mol. The van der Waals surface area contributed by atoms with E-state index in [1.807, 2.05) is 6.92 Å². The fraction of sp³-hybridized carbons (Fsp3) is 0.480. The van der Waals surface area contributed by atoms with Crippen LogP contribution in [0.5, 0.6) is 17.2 Å². The molecule has 3 N–H and O–H groups in total. The monoisotopic (exact) mass is 968 g/mol. The third kappa shape index (κ3) is 9.17. The zero-order chi connectivity index (χ0) is 47.5. The minimum Gasteiger partial charge on any atom is -0.491 e. The van der Waals surface area contributed by atoms with Gasteiger partial charge in [-0.15, -0.1) is 11.8 Å². The molecule has 3 aromatic carbocycles. The Morgan fingerprint density at radius 2 is 1.82 bits per heavy atom. The van der Waals surface area contributed by atoms with E-state index >= 15 is 0 Å². The number of nitrogens with one attached hydrogen (secondary N) is 2. The largest absolute Gasteiger partial charge is 0.491 e. The van der Waals surface area contributed by atoms with Gasteiger partial charge in [0.2, 0.25) is 0 Å². The minimum absolute atomic E-state index is 0.0164. The number of sulfonamides is 1. The van der Waals surface area contributed by atoms with Crippen LogP contribution in [0.4, 0.5) is 15.8 Å². The molecule has 2 saturated carbocycles. The van der Waals surface area contributed by atoms with E-state index in [0.29, 0.717) is 37.1 Å². The average Bonchev–Trinajstić information content (AvgIpc) is 3.69. The lowest BCUT2D eigenvalue weighted by molar-refractivity contribution is -0.388. The Bertz CT molecular complexity index is 2850. The summed E-state index contributed by atoms with van der Waals surface area (Å²) in [6, 6.07) is 18.0. The summed E-state index contributed by atoms with van der Waals surface area (Å²) in [5.74, 6) is -0.815. The Morgan fingerprint density at radius 3 is 2.57 bits per heavy atom. The fourth-order valence-electron chi connectivity index (χ4n) is 11.1. The lowest BCUT2D eigenvalue weighted by Gasteiger charge is -2.57. The molecule has 4 fully saturated rings. The van der Waals surface area contributed by atoms with Crippen LogP contribution in [0.3, 0.4) is 0 Å². The van der Waals surface area contributed by atoms with Crippen molar-refractivity contribution in [2.24, 2.45) is 11.3 Å². The van der Waals surface area contributed by atoms with E-state index in [1.165, 1.54) is 53.5 Å². The van der Waals surface area contributed by atoms with E-state index in [-0.39, 0.29) is 62.3 Å².